The number of nitriles is 1. The summed E-state index contributed by atoms with van der Waals surface area (Å²) in [5.74, 6) is 0.294. The van der Waals surface area contributed by atoms with Crippen LogP contribution in [-0.2, 0) is 0 Å². The molecule has 46 heavy (non-hydrogen) atoms. The molecule has 1 N–H and O–H groups in total. The van der Waals surface area contributed by atoms with Crippen LogP contribution in [0.5, 0.6) is 5.75 Å². The van der Waals surface area contributed by atoms with Crippen molar-refractivity contribution < 1.29 is 22.7 Å². The minimum atomic E-state index is -4.78. The summed E-state index contributed by atoms with van der Waals surface area (Å²) >= 11 is 1.35. The molecule has 0 radical (unpaired) electrons. The average Bonchev–Trinajstić information content (AvgIpc) is 3.64. The number of benzene rings is 3. The first kappa shape index (κ1) is 31.9. The van der Waals surface area contributed by atoms with E-state index < -0.39 is 12.4 Å². The first-order chi connectivity index (χ1) is 21.9. The molecular weight excluding hydrogens is 615 g/mol. The van der Waals surface area contributed by atoms with Gasteiger partial charge < -0.3 is 10.1 Å². The number of amides is 2. The zero-order valence-corrected chi connectivity index (χ0v) is 26.0. The van der Waals surface area contributed by atoms with Crippen LogP contribution in [-0.4, -0.2) is 31.7 Å². The number of alkyl halides is 3. The number of nitrogens with one attached hydrogen (secondary N) is 1. The molecule has 0 atom stereocenters. The SMILES string of the molecule is Cc1ccc(C(C)C)c(-n2c(C)csc2=NC(=O)N/C=C(\C#N)c2ccc(-c3ncn(-c4ccc(OC(F)(F)F)cc4)n3)cc2)c1. The van der Waals surface area contributed by atoms with Crippen molar-refractivity contribution in [1.82, 2.24) is 24.6 Å². The number of nitrogens with zero attached hydrogens (tertiary/aromatic N) is 6. The third-order valence-electron chi connectivity index (χ3n) is 6.87. The zero-order chi connectivity index (χ0) is 33.0. The number of thiazole rings is 1. The highest BCUT2D eigenvalue weighted by atomic mass is 32.1. The number of halogens is 3. The van der Waals surface area contributed by atoms with Crippen molar-refractivity contribution in [3.05, 3.63) is 112 Å². The molecule has 0 fully saturated rings. The summed E-state index contributed by atoms with van der Waals surface area (Å²) in [6.07, 6.45) is -2.02. The Hall–Kier alpha value is -5.48. The number of allylic oxidation sites excluding steroid dienone is 1. The van der Waals surface area contributed by atoms with Gasteiger partial charge in [-0.05, 0) is 66.8 Å². The van der Waals surface area contributed by atoms with E-state index in [0.717, 1.165) is 22.5 Å². The van der Waals surface area contributed by atoms with E-state index in [1.165, 1.54) is 52.8 Å². The molecule has 0 aliphatic heterocycles. The number of carbonyl (C=O) groups excluding carboxylic acids is 1. The maximum atomic E-state index is 12.9. The summed E-state index contributed by atoms with van der Waals surface area (Å²) in [6, 6.07) is 19.8. The highest BCUT2D eigenvalue weighted by Gasteiger charge is 2.31. The number of aryl methyl sites for hydroxylation is 2. The summed E-state index contributed by atoms with van der Waals surface area (Å²) in [5, 5.41) is 18.7. The maximum Gasteiger partial charge on any atom is 0.573 e. The Bertz CT molecular complexity index is 2010. The fourth-order valence-corrected chi connectivity index (χ4v) is 5.52. The lowest BCUT2D eigenvalue weighted by molar-refractivity contribution is -0.274. The third kappa shape index (κ3) is 7.41. The van der Waals surface area contributed by atoms with Crippen molar-refractivity contribution in [3.63, 3.8) is 0 Å². The van der Waals surface area contributed by atoms with E-state index in [4.69, 9.17) is 0 Å². The molecule has 0 aliphatic rings. The Morgan fingerprint density at radius 3 is 2.46 bits per heavy atom. The number of carbonyl (C=O) groups is 1. The summed E-state index contributed by atoms with van der Waals surface area (Å²) in [6.45, 7) is 8.22. The van der Waals surface area contributed by atoms with Gasteiger partial charge in [-0.1, -0.05) is 50.2 Å². The van der Waals surface area contributed by atoms with Gasteiger partial charge in [-0.15, -0.1) is 29.6 Å². The standard InChI is InChI=1S/C33H28F3N7O2S/c1-20(2)28-14-5-21(3)15-29(28)43-22(4)18-46-32(43)40-31(44)38-17-25(16-37)23-6-8-24(9-7-23)30-39-19-42(41-30)26-10-12-27(13-11-26)45-33(34,35)36/h5-15,17-20H,1-4H3,(H,38,44)/b25-17+,40-32?. The van der Waals surface area contributed by atoms with E-state index in [1.807, 2.05) is 23.8 Å². The van der Waals surface area contributed by atoms with Crippen LogP contribution in [0.15, 0.2) is 89.6 Å². The molecule has 2 aromatic heterocycles. The van der Waals surface area contributed by atoms with Gasteiger partial charge in [0.25, 0.3) is 0 Å². The lowest BCUT2D eigenvalue weighted by atomic mass is 9.99. The van der Waals surface area contributed by atoms with Crippen LogP contribution in [0.4, 0.5) is 18.0 Å². The second-order valence-corrected chi connectivity index (χ2v) is 11.4. The molecule has 0 saturated carbocycles. The Balaban J connectivity index is 1.31. The topological polar surface area (TPSA) is 110 Å². The molecule has 13 heteroatoms. The highest BCUT2D eigenvalue weighted by molar-refractivity contribution is 7.07. The van der Waals surface area contributed by atoms with Crippen molar-refractivity contribution >= 4 is 22.9 Å². The van der Waals surface area contributed by atoms with Gasteiger partial charge in [0, 0.05) is 22.8 Å². The van der Waals surface area contributed by atoms with Gasteiger partial charge in [0.15, 0.2) is 10.6 Å². The van der Waals surface area contributed by atoms with Gasteiger partial charge in [-0.2, -0.15) is 10.3 Å². The van der Waals surface area contributed by atoms with Crippen LogP contribution in [0.25, 0.3) is 28.3 Å². The largest absolute Gasteiger partial charge is 0.573 e. The molecule has 0 aliphatic carbocycles. The minimum absolute atomic E-state index is 0.214. The van der Waals surface area contributed by atoms with E-state index in [1.54, 1.807) is 24.3 Å². The van der Waals surface area contributed by atoms with Crippen molar-refractivity contribution in [1.29, 1.82) is 5.26 Å². The number of hydrogen-bond acceptors (Lipinski definition) is 6. The molecular formula is C33H28F3N7O2S. The monoisotopic (exact) mass is 643 g/mol. The molecule has 0 bridgehead atoms. The van der Waals surface area contributed by atoms with Crippen molar-refractivity contribution in [3.8, 4) is 34.6 Å². The predicted molar refractivity (Wildman–Crippen MR) is 168 cm³/mol. The quantitative estimate of drug-likeness (QED) is 0.184. The van der Waals surface area contributed by atoms with Crippen molar-refractivity contribution in [2.45, 2.75) is 40.0 Å². The van der Waals surface area contributed by atoms with E-state index in [9.17, 15) is 23.2 Å². The van der Waals surface area contributed by atoms with Crippen molar-refractivity contribution in [2.75, 3.05) is 0 Å². The van der Waals surface area contributed by atoms with Crippen LogP contribution >= 0.6 is 11.3 Å². The molecule has 2 amide bonds. The second-order valence-electron chi connectivity index (χ2n) is 10.6. The summed E-state index contributed by atoms with van der Waals surface area (Å²) in [4.78, 5) is 21.9. The van der Waals surface area contributed by atoms with Gasteiger partial charge >= 0.3 is 12.4 Å². The Labute approximate surface area is 266 Å². The van der Waals surface area contributed by atoms with E-state index in [-0.39, 0.29) is 17.2 Å². The molecule has 2 heterocycles. The summed E-state index contributed by atoms with van der Waals surface area (Å²) < 4.78 is 44.6. The van der Waals surface area contributed by atoms with Crippen LogP contribution in [0.1, 0.15) is 42.1 Å². The molecule has 3 aromatic carbocycles. The van der Waals surface area contributed by atoms with E-state index in [2.05, 4.69) is 63.2 Å². The molecule has 234 valence electrons. The highest BCUT2D eigenvalue weighted by Crippen LogP contribution is 2.26. The summed E-state index contributed by atoms with van der Waals surface area (Å²) in [7, 11) is 0. The Morgan fingerprint density at radius 1 is 1.09 bits per heavy atom. The van der Waals surface area contributed by atoms with Gasteiger partial charge in [0.2, 0.25) is 0 Å². The molecule has 0 unspecified atom stereocenters. The first-order valence-electron chi connectivity index (χ1n) is 14.0. The lowest BCUT2D eigenvalue weighted by Gasteiger charge is -2.16. The smallest absolute Gasteiger partial charge is 0.406 e. The minimum Gasteiger partial charge on any atom is -0.406 e. The van der Waals surface area contributed by atoms with Crippen LogP contribution in [0.3, 0.4) is 0 Å². The number of rotatable bonds is 7. The average molecular weight is 644 g/mol. The number of urea groups is 1. The predicted octanol–water partition coefficient (Wildman–Crippen LogP) is 7.60. The normalized spacial score (nSPS) is 12.3. The van der Waals surface area contributed by atoms with Crippen LogP contribution in [0.2, 0.25) is 0 Å². The second kappa shape index (κ2) is 13.3. The molecule has 9 nitrogen and oxygen atoms in total. The number of hydrogen-bond donors (Lipinski definition) is 1. The third-order valence-corrected chi connectivity index (χ3v) is 7.81. The first-order valence-corrected chi connectivity index (χ1v) is 14.9. The van der Waals surface area contributed by atoms with Gasteiger partial charge in [-0.25, -0.2) is 14.5 Å². The zero-order valence-electron chi connectivity index (χ0n) is 25.2. The molecule has 5 aromatic rings. The van der Waals surface area contributed by atoms with Gasteiger partial charge in [0.1, 0.15) is 18.1 Å². The van der Waals surface area contributed by atoms with Gasteiger partial charge in [0.05, 0.1) is 16.9 Å². The fraction of sp³-hybridized carbons (Fsp3) is 0.182. The Morgan fingerprint density at radius 2 is 1.80 bits per heavy atom. The Kier molecular flexibility index (Phi) is 9.20. The number of aromatic nitrogens is 4. The van der Waals surface area contributed by atoms with Crippen LogP contribution < -0.4 is 14.9 Å². The molecule has 0 spiro atoms. The number of ether oxygens (including phenoxy) is 1. The molecule has 5 rings (SSSR count). The fourth-order valence-electron chi connectivity index (χ4n) is 4.65. The van der Waals surface area contributed by atoms with Crippen molar-refractivity contribution in [2.24, 2.45) is 4.99 Å². The van der Waals surface area contributed by atoms with Crippen LogP contribution in [0, 0.1) is 25.2 Å². The lowest BCUT2D eigenvalue weighted by Crippen LogP contribution is -2.22. The van der Waals surface area contributed by atoms with E-state index >= 15 is 0 Å². The van der Waals surface area contributed by atoms with E-state index in [0.29, 0.717) is 27.4 Å². The summed E-state index contributed by atoms with van der Waals surface area (Å²) in [5.41, 5.74) is 6.05. The maximum absolute atomic E-state index is 12.9. The van der Waals surface area contributed by atoms with Gasteiger partial charge in [-0.3, -0.25) is 4.57 Å². The molecule has 0 saturated heterocycles.